The predicted molar refractivity (Wildman–Crippen MR) is 81.3 cm³/mol. The number of anilines is 1. The Morgan fingerprint density at radius 2 is 2.00 bits per heavy atom. The van der Waals surface area contributed by atoms with E-state index < -0.39 is 5.54 Å². The number of aliphatic hydroxyl groups is 1. The second-order valence-electron chi connectivity index (χ2n) is 7.08. The summed E-state index contributed by atoms with van der Waals surface area (Å²) in [7, 11) is 0. The average Bonchev–Trinajstić information content (AvgIpc) is 2.41. The third-order valence-corrected chi connectivity index (χ3v) is 4.62. The molecule has 0 bridgehead atoms. The quantitative estimate of drug-likeness (QED) is 0.869. The topological polar surface area (TPSA) is 32.3 Å². The molecule has 0 aromatic heterocycles. The second-order valence-corrected chi connectivity index (χ2v) is 7.08. The zero-order valence-electron chi connectivity index (χ0n) is 12.7. The van der Waals surface area contributed by atoms with Crippen molar-refractivity contribution in [2.24, 2.45) is 11.3 Å². The van der Waals surface area contributed by atoms with Crippen LogP contribution in [-0.2, 0) is 0 Å². The van der Waals surface area contributed by atoms with Crippen LogP contribution in [0.25, 0.3) is 0 Å². The van der Waals surface area contributed by atoms with Gasteiger partial charge in [-0.1, -0.05) is 45.7 Å². The summed E-state index contributed by atoms with van der Waals surface area (Å²) in [5.41, 5.74) is 0.165. The van der Waals surface area contributed by atoms with E-state index in [-0.39, 0.29) is 17.8 Å². The maximum Gasteiger partial charge on any atom is 0.146 e. The normalized spacial score (nSPS) is 27.4. The molecule has 0 saturated heterocycles. The zero-order chi connectivity index (χ0) is 14.8. The van der Waals surface area contributed by atoms with E-state index in [1.807, 2.05) is 6.07 Å². The first-order valence-electron chi connectivity index (χ1n) is 7.53. The van der Waals surface area contributed by atoms with Gasteiger partial charge >= 0.3 is 0 Å². The lowest BCUT2D eigenvalue weighted by Gasteiger charge is -2.50. The first-order valence-corrected chi connectivity index (χ1v) is 7.53. The lowest BCUT2D eigenvalue weighted by atomic mass is 9.62. The van der Waals surface area contributed by atoms with Gasteiger partial charge in [0.15, 0.2) is 0 Å². The molecule has 1 aliphatic rings. The summed E-state index contributed by atoms with van der Waals surface area (Å²) in [5.74, 6) is 0.0758. The first-order chi connectivity index (χ1) is 9.39. The van der Waals surface area contributed by atoms with Crippen molar-refractivity contribution in [1.29, 1.82) is 0 Å². The lowest BCUT2D eigenvalue weighted by Crippen LogP contribution is -2.55. The van der Waals surface area contributed by atoms with Crippen LogP contribution in [-0.4, -0.2) is 17.3 Å². The van der Waals surface area contributed by atoms with Crippen LogP contribution in [0.2, 0.25) is 0 Å². The summed E-state index contributed by atoms with van der Waals surface area (Å²) in [6.07, 6.45) is 4.22. The minimum absolute atomic E-state index is 0.0449. The molecule has 1 fully saturated rings. The predicted octanol–water partition coefficient (Wildman–Crippen LogP) is 4.21. The number of nitrogens with one attached hydrogen (secondary N) is 1. The van der Waals surface area contributed by atoms with E-state index in [1.54, 1.807) is 12.1 Å². The molecule has 3 heteroatoms. The Kier molecular flexibility index (Phi) is 4.38. The fraction of sp³-hybridized carbons (Fsp3) is 0.647. The van der Waals surface area contributed by atoms with Crippen molar-refractivity contribution in [3.8, 4) is 0 Å². The van der Waals surface area contributed by atoms with Gasteiger partial charge in [-0.25, -0.2) is 4.39 Å². The van der Waals surface area contributed by atoms with E-state index in [4.69, 9.17) is 0 Å². The molecule has 1 aliphatic carbocycles. The van der Waals surface area contributed by atoms with Crippen molar-refractivity contribution in [3.63, 3.8) is 0 Å². The number of rotatable bonds is 3. The van der Waals surface area contributed by atoms with Gasteiger partial charge in [0.1, 0.15) is 5.82 Å². The number of benzene rings is 1. The first kappa shape index (κ1) is 15.3. The third kappa shape index (κ3) is 2.98. The van der Waals surface area contributed by atoms with Gasteiger partial charge in [0, 0.05) is 0 Å². The smallest absolute Gasteiger partial charge is 0.146 e. The Morgan fingerprint density at radius 3 is 2.60 bits per heavy atom. The van der Waals surface area contributed by atoms with Gasteiger partial charge in [-0.2, -0.15) is 0 Å². The fourth-order valence-corrected chi connectivity index (χ4v) is 3.71. The molecular formula is C17H26FNO. The van der Waals surface area contributed by atoms with Gasteiger partial charge in [0.25, 0.3) is 0 Å². The monoisotopic (exact) mass is 279 g/mol. The van der Waals surface area contributed by atoms with E-state index in [0.717, 1.165) is 19.3 Å². The van der Waals surface area contributed by atoms with Crippen LogP contribution in [0.15, 0.2) is 24.3 Å². The molecule has 2 atom stereocenters. The highest BCUT2D eigenvalue weighted by molar-refractivity contribution is 5.47. The van der Waals surface area contributed by atoms with Crippen molar-refractivity contribution in [1.82, 2.24) is 0 Å². The van der Waals surface area contributed by atoms with Crippen LogP contribution >= 0.6 is 0 Å². The summed E-state index contributed by atoms with van der Waals surface area (Å²) in [6.45, 7) is 6.66. The van der Waals surface area contributed by atoms with E-state index >= 15 is 0 Å². The molecule has 2 N–H and O–H groups in total. The molecule has 0 amide bonds. The fourth-order valence-electron chi connectivity index (χ4n) is 3.71. The number of hydrogen-bond acceptors (Lipinski definition) is 2. The van der Waals surface area contributed by atoms with Crippen molar-refractivity contribution in [3.05, 3.63) is 30.1 Å². The Morgan fingerprint density at radius 1 is 1.30 bits per heavy atom. The van der Waals surface area contributed by atoms with E-state index in [1.165, 1.54) is 12.5 Å². The molecule has 0 heterocycles. The van der Waals surface area contributed by atoms with Gasteiger partial charge in [-0.3, -0.25) is 0 Å². The Balaban J connectivity index is 2.33. The van der Waals surface area contributed by atoms with Crippen molar-refractivity contribution in [2.45, 2.75) is 52.0 Å². The summed E-state index contributed by atoms with van der Waals surface area (Å²) < 4.78 is 13.9. The standard InChI is InChI=1S/C17H26FNO/c1-16(2,3)15-10-6-7-11-17(15,12-20)19-14-9-5-4-8-13(14)18/h4-5,8-9,15,19-20H,6-7,10-12H2,1-3H3. The van der Waals surface area contributed by atoms with Crippen LogP contribution in [0.3, 0.4) is 0 Å². The van der Waals surface area contributed by atoms with Gasteiger partial charge < -0.3 is 10.4 Å². The van der Waals surface area contributed by atoms with Gasteiger partial charge in [-0.15, -0.1) is 0 Å². The summed E-state index contributed by atoms with van der Waals surface area (Å²) in [6, 6.07) is 6.73. The van der Waals surface area contributed by atoms with Crippen LogP contribution in [0.5, 0.6) is 0 Å². The molecule has 0 aliphatic heterocycles. The lowest BCUT2D eigenvalue weighted by molar-refractivity contribution is 0.0482. The van der Waals surface area contributed by atoms with Crippen molar-refractivity contribution >= 4 is 5.69 Å². The molecule has 2 nitrogen and oxygen atoms in total. The van der Waals surface area contributed by atoms with Crippen molar-refractivity contribution < 1.29 is 9.50 Å². The molecule has 2 unspecified atom stereocenters. The largest absolute Gasteiger partial charge is 0.394 e. The van der Waals surface area contributed by atoms with Crippen LogP contribution in [0, 0.1) is 17.2 Å². The molecule has 112 valence electrons. The summed E-state index contributed by atoms with van der Waals surface area (Å²) in [5, 5.41) is 13.4. The average molecular weight is 279 g/mol. The second kappa shape index (κ2) is 5.72. The number of para-hydroxylation sites is 1. The Hall–Kier alpha value is -1.09. The van der Waals surface area contributed by atoms with Gasteiger partial charge in [-0.05, 0) is 36.3 Å². The number of halogens is 1. The van der Waals surface area contributed by atoms with E-state index in [0.29, 0.717) is 11.6 Å². The minimum Gasteiger partial charge on any atom is -0.394 e. The highest BCUT2D eigenvalue weighted by Crippen LogP contribution is 2.46. The van der Waals surface area contributed by atoms with Crippen LogP contribution in [0.4, 0.5) is 10.1 Å². The SMILES string of the molecule is CC(C)(C)C1CCCCC1(CO)Nc1ccccc1F. The molecular weight excluding hydrogens is 253 g/mol. The van der Waals surface area contributed by atoms with Gasteiger partial charge in [0.2, 0.25) is 0 Å². The maximum atomic E-state index is 13.9. The highest BCUT2D eigenvalue weighted by Gasteiger charge is 2.46. The van der Waals surface area contributed by atoms with Crippen LogP contribution < -0.4 is 5.32 Å². The molecule has 20 heavy (non-hydrogen) atoms. The molecule has 0 radical (unpaired) electrons. The van der Waals surface area contributed by atoms with Crippen LogP contribution in [0.1, 0.15) is 46.5 Å². The van der Waals surface area contributed by atoms with E-state index in [2.05, 4.69) is 26.1 Å². The summed E-state index contributed by atoms with van der Waals surface area (Å²) in [4.78, 5) is 0. The molecule has 2 rings (SSSR count). The molecule has 0 spiro atoms. The summed E-state index contributed by atoms with van der Waals surface area (Å²) >= 11 is 0. The zero-order valence-corrected chi connectivity index (χ0v) is 12.7. The minimum atomic E-state index is -0.418. The highest BCUT2D eigenvalue weighted by atomic mass is 19.1. The third-order valence-electron chi connectivity index (χ3n) is 4.62. The van der Waals surface area contributed by atoms with Crippen molar-refractivity contribution in [2.75, 3.05) is 11.9 Å². The number of hydrogen-bond donors (Lipinski definition) is 2. The molecule has 1 aromatic rings. The Bertz CT molecular complexity index is 455. The van der Waals surface area contributed by atoms with Gasteiger partial charge in [0.05, 0.1) is 17.8 Å². The maximum absolute atomic E-state index is 13.9. The number of aliphatic hydroxyl groups excluding tert-OH is 1. The van der Waals surface area contributed by atoms with E-state index in [9.17, 15) is 9.50 Å². The molecule has 1 saturated carbocycles. The molecule has 1 aromatic carbocycles. The Labute approximate surface area is 121 Å².